The Kier molecular flexibility index (Phi) is 4.24. The maximum atomic E-state index is 5.65. The summed E-state index contributed by atoms with van der Waals surface area (Å²) in [5.41, 5.74) is 0. The predicted octanol–water partition coefficient (Wildman–Crippen LogP) is 3.05. The molecule has 0 saturated carbocycles. The fourth-order valence-electron chi connectivity index (χ4n) is 2.51. The zero-order chi connectivity index (χ0) is 12.3. The number of furan rings is 1. The van der Waals surface area contributed by atoms with Gasteiger partial charge in [-0.05, 0) is 51.7 Å². The van der Waals surface area contributed by atoms with Crippen LogP contribution in [0, 0.1) is 12.8 Å². The van der Waals surface area contributed by atoms with Gasteiger partial charge in [-0.2, -0.15) is 0 Å². The smallest absolute Gasteiger partial charge is 0.120 e. The fourth-order valence-corrected chi connectivity index (χ4v) is 2.51. The lowest BCUT2D eigenvalue weighted by Crippen LogP contribution is -2.38. The molecule has 96 valence electrons. The van der Waals surface area contributed by atoms with E-state index in [4.69, 9.17) is 9.15 Å². The summed E-state index contributed by atoms with van der Waals surface area (Å²) in [6.45, 7) is 8.23. The van der Waals surface area contributed by atoms with E-state index in [1.807, 2.05) is 13.0 Å². The van der Waals surface area contributed by atoms with E-state index in [9.17, 15) is 0 Å². The summed E-state index contributed by atoms with van der Waals surface area (Å²) in [6, 6.07) is 4.87. The van der Waals surface area contributed by atoms with Crippen LogP contribution in [-0.4, -0.2) is 19.3 Å². The van der Waals surface area contributed by atoms with Crippen molar-refractivity contribution in [1.29, 1.82) is 0 Å². The highest BCUT2D eigenvalue weighted by atomic mass is 16.5. The van der Waals surface area contributed by atoms with Crippen molar-refractivity contribution in [2.75, 3.05) is 13.2 Å². The standard InChI is InChI=1S/C14H23NO2/c1-10-4-5-14(17-10)12(3)15-11(2)13-6-8-16-9-7-13/h4-5,11-13,15H,6-9H2,1-3H3. The minimum absolute atomic E-state index is 0.279. The van der Waals surface area contributed by atoms with Gasteiger partial charge in [0.1, 0.15) is 11.5 Å². The molecule has 1 aliphatic heterocycles. The number of hydrogen-bond acceptors (Lipinski definition) is 3. The highest BCUT2D eigenvalue weighted by Crippen LogP contribution is 2.22. The molecule has 0 aliphatic carbocycles. The van der Waals surface area contributed by atoms with E-state index in [1.54, 1.807) is 0 Å². The topological polar surface area (TPSA) is 34.4 Å². The highest BCUT2D eigenvalue weighted by molar-refractivity contribution is 5.09. The minimum Gasteiger partial charge on any atom is -0.465 e. The largest absolute Gasteiger partial charge is 0.465 e. The second kappa shape index (κ2) is 5.69. The molecule has 1 aromatic rings. The normalized spacial score (nSPS) is 21.4. The molecule has 1 N–H and O–H groups in total. The Morgan fingerprint density at radius 3 is 2.53 bits per heavy atom. The molecule has 2 atom stereocenters. The Bertz CT molecular complexity index is 342. The number of nitrogens with one attached hydrogen (secondary N) is 1. The Morgan fingerprint density at radius 2 is 1.94 bits per heavy atom. The lowest BCUT2D eigenvalue weighted by Gasteiger charge is -2.30. The first-order valence-corrected chi connectivity index (χ1v) is 6.57. The van der Waals surface area contributed by atoms with Crippen LogP contribution in [0.2, 0.25) is 0 Å². The predicted molar refractivity (Wildman–Crippen MR) is 68.0 cm³/mol. The molecular formula is C14H23NO2. The van der Waals surface area contributed by atoms with Gasteiger partial charge in [0.15, 0.2) is 0 Å². The van der Waals surface area contributed by atoms with Gasteiger partial charge in [0.05, 0.1) is 6.04 Å². The molecule has 0 spiro atoms. The highest BCUT2D eigenvalue weighted by Gasteiger charge is 2.22. The maximum Gasteiger partial charge on any atom is 0.120 e. The quantitative estimate of drug-likeness (QED) is 0.874. The molecule has 2 rings (SSSR count). The van der Waals surface area contributed by atoms with Gasteiger partial charge in [-0.25, -0.2) is 0 Å². The van der Waals surface area contributed by atoms with Gasteiger partial charge < -0.3 is 14.5 Å². The van der Waals surface area contributed by atoms with Crippen molar-refractivity contribution in [2.45, 2.75) is 45.7 Å². The van der Waals surface area contributed by atoms with E-state index >= 15 is 0 Å². The van der Waals surface area contributed by atoms with Gasteiger partial charge >= 0.3 is 0 Å². The van der Waals surface area contributed by atoms with Gasteiger partial charge in [0.2, 0.25) is 0 Å². The van der Waals surface area contributed by atoms with Crippen LogP contribution in [-0.2, 0) is 4.74 Å². The second-order valence-corrected chi connectivity index (χ2v) is 5.08. The summed E-state index contributed by atoms with van der Waals surface area (Å²) in [5.74, 6) is 2.73. The zero-order valence-electron chi connectivity index (χ0n) is 11.0. The van der Waals surface area contributed by atoms with Gasteiger partial charge in [0.25, 0.3) is 0 Å². The summed E-state index contributed by atoms with van der Waals surface area (Å²) in [7, 11) is 0. The van der Waals surface area contributed by atoms with Crippen molar-refractivity contribution in [3.05, 3.63) is 23.7 Å². The molecule has 2 heterocycles. The first kappa shape index (κ1) is 12.7. The first-order valence-electron chi connectivity index (χ1n) is 6.57. The van der Waals surface area contributed by atoms with Crippen LogP contribution >= 0.6 is 0 Å². The monoisotopic (exact) mass is 237 g/mol. The second-order valence-electron chi connectivity index (χ2n) is 5.08. The van der Waals surface area contributed by atoms with Crippen molar-refractivity contribution in [2.24, 2.45) is 5.92 Å². The SMILES string of the molecule is Cc1ccc(C(C)NC(C)C2CCOCC2)o1. The molecule has 1 fully saturated rings. The number of aryl methyl sites for hydroxylation is 1. The first-order chi connectivity index (χ1) is 8.16. The van der Waals surface area contributed by atoms with E-state index in [0.29, 0.717) is 6.04 Å². The zero-order valence-corrected chi connectivity index (χ0v) is 11.0. The van der Waals surface area contributed by atoms with E-state index in [2.05, 4.69) is 25.2 Å². The summed E-state index contributed by atoms with van der Waals surface area (Å²) < 4.78 is 11.0. The molecule has 1 saturated heterocycles. The molecular weight excluding hydrogens is 214 g/mol. The molecule has 0 bridgehead atoms. The van der Waals surface area contributed by atoms with E-state index in [-0.39, 0.29) is 6.04 Å². The van der Waals surface area contributed by atoms with Crippen LogP contribution in [0.5, 0.6) is 0 Å². The van der Waals surface area contributed by atoms with E-state index in [0.717, 1.165) is 43.5 Å². The average Bonchev–Trinajstić information content (AvgIpc) is 2.77. The summed E-state index contributed by atoms with van der Waals surface area (Å²) in [6.07, 6.45) is 2.33. The number of rotatable bonds is 4. The molecule has 1 aromatic heterocycles. The molecule has 2 unspecified atom stereocenters. The van der Waals surface area contributed by atoms with Gasteiger partial charge in [0, 0.05) is 19.3 Å². The fraction of sp³-hybridized carbons (Fsp3) is 0.714. The molecule has 0 radical (unpaired) electrons. The minimum atomic E-state index is 0.279. The Hall–Kier alpha value is -0.800. The Balaban J connectivity index is 1.87. The molecule has 0 amide bonds. The molecule has 0 aromatic carbocycles. The van der Waals surface area contributed by atoms with Gasteiger partial charge in [-0.3, -0.25) is 0 Å². The van der Waals surface area contributed by atoms with Crippen LogP contribution in [0.25, 0.3) is 0 Å². The Labute approximate surface area is 104 Å². The number of hydrogen-bond donors (Lipinski definition) is 1. The third kappa shape index (κ3) is 3.33. The van der Waals surface area contributed by atoms with Crippen LogP contribution in [0.3, 0.4) is 0 Å². The maximum absolute atomic E-state index is 5.65. The summed E-state index contributed by atoms with van der Waals surface area (Å²) >= 11 is 0. The average molecular weight is 237 g/mol. The van der Waals surface area contributed by atoms with Crippen LogP contribution in [0.4, 0.5) is 0 Å². The molecule has 1 aliphatic rings. The van der Waals surface area contributed by atoms with Gasteiger partial charge in [-0.1, -0.05) is 0 Å². The lowest BCUT2D eigenvalue weighted by molar-refractivity contribution is 0.0543. The van der Waals surface area contributed by atoms with Crippen LogP contribution in [0.1, 0.15) is 44.3 Å². The van der Waals surface area contributed by atoms with Crippen LogP contribution in [0.15, 0.2) is 16.5 Å². The van der Waals surface area contributed by atoms with E-state index < -0.39 is 0 Å². The van der Waals surface area contributed by atoms with Crippen molar-refractivity contribution in [1.82, 2.24) is 5.32 Å². The van der Waals surface area contributed by atoms with E-state index in [1.165, 1.54) is 0 Å². The number of ether oxygens (including phenoxy) is 1. The van der Waals surface area contributed by atoms with Crippen LogP contribution < -0.4 is 5.32 Å². The third-order valence-electron chi connectivity index (χ3n) is 3.67. The van der Waals surface area contributed by atoms with Gasteiger partial charge in [-0.15, -0.1) is 0 Å². The van der Waals surface area contributed by atoms with Crippen molar-refractivity contribution in [3.63, 3.8) is 0 Å². The lowest BCUT2D eigenvalue weighted by atomic mass is 9.92. The molecule has 3 heteroatoms. The Morgan fingerprint density at radius 1 is 1.24 bits per heavy atom. The summed E-state index contributed by atoms with van der Waals surface area (Å²) in [5, 5.41) is 3.63. The van der Waals surface area contributed by atoms with Crippen molar-refractivity contribution < 1.29 is 9.15 Å². The van der Waals surface area contributed by atoms with Crippen molar-refractivity contribution in [3.8, 4) is 0 Å². The third-order valence-corrected chi connectivity index (χ3v) is 3.67. The summed E-state index contributed by atoms with van der Waals surface area (Å²) in [4.78, 5) is 0. The molecule has 3 nitrogen and oxygen atoms in total. The molecule has 17 heavy (non-hydrogen) atoms. The van der Waals surface area contributed by atoms with Crippen molar-refractivity contribution >= 4 is 0 Å².